The highest BCUT2D eigenvalue weighted by Crippen LogP contribution is 2.38. The fourth-order valence-corrected chi connectivity index (χ4v) is 3.54. The van der Waals surface area contributed by atoms with E-state index in [0.717, 1.165) is 38.5 Å². The molecule has 1 aliphatic heterocycles. The average Bonchev–Trinajstić information content (AvgIpc) is 2.95. The van der Waals surface area contributed by atoms with Gasteiger partial charge in [0.1, 0.15) is 11.6 Å². The lowest BCUT2D eigenvalue weighted by Crippen LogP contribution is -2.70. The van der Waals surface area contributed by atoms with E-state index in [9.17, 15) is 9.59 Å². The van der Waals surface area contributed by atoms with Crippen molar-refractivity contribution in [1.82, 2.24) is 10.2 Å². The summed E-state index contributed by atoms with van der Waals surface area (Å²) in [5.74, 6) is 0.131. The number of piperazine rings is 1. The molecule has 0 aromatic rings. The van der Waals surface area contributed by atoms with Crippen molar-refractivity contribution in [3.05, 3.63) is 0 Å². The molecule has 2 aliphatic rings. The zero-order chi connectivity index (χ0) is 15.3. The summed E-state index contributed by atoms with van der Waals surface area (Å²) >= 11 is 0. The molecule has 1 saturated heterocycles. The molecular weight excluding hydrogens is 268 g/mol. The van der Waals surface area contributed by atoms with Gasteiger partial charge in [0.05, 0.1) is 6.61 Å². The van der Waals surface area contributed by atoms with Crippen LogP contribution in [-0.2, 0) is 14.3 Å². The second-order valence-corrected chi connectivity index (χ2v) is 6.16. The molecule has 0 radical (unpaired) electrons. The van der Waals surface area contributed by atoms with E-state index in [2.05, 4.69) is 12.2 Å². The number of carbonyl (C=O) groups excluding carboxylic acids is 2. The van der Waals surface area contributed by atoms with Gasteiger partial charge in [-0.2, -0.15) is 0 Å². The molecule has 120 valence electrons. The van der Waals surface area contributed by atoms with Crippen LogP contribution in [0.1, 0.15) is 58.8 Å². The molecule has 2 amide bonds. The molecule has 1 atom stereocenters. The standard InChI is InChI=1S/C16H28N2O3/c1-3-7-13-14(19)18(10-12-21-11-4-2)16(15(20)17-13)8-5-6-9-16/h13H,3-12H2,1-2H3,(H,17,20). The molecule has 1 heterocycles. The van der Waals surface area contributed by atoms with E-state index in [-0.39, 0.29) is 17.9 Å². The topological polar surface area (TPSA) is 58.6 Å². The van der Waals surface area contributed by atoms with Crippen molar-refractivity contribution in [3.8, 4) is 0 Å². The summed E-state index contributed by atoms with van der Waals surface area (Å²) < 4.78 is 5.54. The summed E-state index contributed by atoms with van der Waals surface area (Å²) in [6, 6.07) is -0.347. The smallest absolute Gasteiger partial charge is 0.246 e. The van der Waals surface area contributed by atoms with E-state index in [0.29, 0.717) is 26.2 Å². The van der Waals surface area contributed by atoms with Gasteiger partial charge in [-0.05, 0) is 25.7 Å². The van der Waals surface area contributed by atoms with Crippen LogP contribution in [0.3, 0.4) is 0 Å². The molecule has 1 saturated carbocycles. The highest BCUT2D eigenvalue weighted by atomic mass is 16.5. The Balaban J connectivity index is 2.11. The molecule has 0 aromatic heterocycles. The van der Waals surface area contributed by atoms with Gasteiger partial charge < -0.3 is 15.0 Å². The highest BCUT2D eigenvalue weighted by Gasteiger charge is 2.53. The van der Waals surface area contributed by atoms with Gasteiger partial charge in [0, 0.05) is 13.2 Å². The highest BCUT2D eigenvalue weighted by molar-refractivity contribution is 6.00. The number of ether oxygens (including phenoxy) is 1. The Hall–Kier alpha value is -1.10. The van der Waals surface area contributed by atoms with E-state index in [1.54, 1.807) is 0 Å². The molecular formula is C16H28N2O3. The van der Waals surface area contributed by atoms with Crippen LogP contribution < -0.4 is 5.32 Å². The Labute approximate surface area is 127 Å². The monoisotopic (exact) mass is 296 g/mol. The largest absolute Gasteiger partial charge is 0.380 e. The zero-order valence-electron chi connectivity index (χ0n) is 13.3. The summed E-state index contributed by atoms with van der Waals surface area (Å²) in [5.41, 5.74) is -0.600. The lowest BCUT2D eigenvalue weighted by molar-refractivity contribution is -0.158. The predicted molar refractivity (Wildman–Crippen MR) is 80.9 cm³/mol. The molecule has 1 N–H and O–H groups in total. The van der Waals surface area contributed by atoms with Crippen LogP contribution in [0.2, 0.25) is 0 Å². The van der Waals surface area contributed by atoms with E-state index in [1.165, 1.54) is 0 Å². The summed E-state index contributed by atoms with van der Waals surface area (Å²) in [7, 11) is 0. The van der Waals surface area contributed by atoms with Gasteiger partial charge in [0.2, 0.25) is 11.8 Å². The van der Waals surface area contributed by atoms with E-state index >= 15 is 0 Å². The molecule has 1 spiro atoms. The number of rotatable bonds is 7. The first-order valence-corrected chi connectivity index (χ1v) is 8.36. The number of nitrogens with zero attached hydrogens (tertiary/aromatic N) is 1. The van der Waals surface area contributed by atoms with Gasteiger partial charge in [0.25, 0.3) is 0 Å². The first kappa shape index (κ1) is 16.3. The zero-order valence-corrected chi connectivity index (χ0v) is 13.3. The summed E-state index contributed by atoms with van der Waals surface area (Å²) in [5, 5.41) is 2.96. The minimum atomic E-state index is -0.600. The summed E-state index contributed by atoms with van der Waals surface area (Å²) in [4.78, 5) is 27.2. The van der Waals surface area contributed by atoms with Crippen LogP contribution in [0.25, 0.3) is 0 Å². The van der Waals surface area contributed by atoms with Crippen molar-refractivity contribution in [2.24, 2.45) is 0 Å². The SMILES string of the molecule is CCCOCCN1C(=O)C(CCC)NC(=O)C12CCCC2. The molecule has 2 fully saturated rings. The Morgan fingerprint density at radius 1 is 1.19 bits per heavy atom. The number of amides is 2. The molecule has 1 aliphatic carbocycles. The number of hydrogen-bond acceptors (Lipinski definition) is 3. The van der Waals surface area contributed by atoms with E-state index < -0.39 is 5.54 Å². The lowest BCUT2D eigenvalue weighted by Gasteiger charge is -2.46. The van der Waals surface area contributed by atoms with Crippen molar-refractivity contribution in [1.29, 1.82) is 0 Å². The average molecular weight is 296 g/mol. The van der Waals surface area contributed by atoms with E-state index in [1.807, 2.05) is 11.8 Å². The Kier molecular flexibility index (Phi) is 5.62. The molecule has 0 aromatic carbocycles. The van der Waals surface area contributed by atoms with Gasteiger partial charge in [-0.3, -0.25) is 9.59 Å². The van der Waals surface area contributed by atoms with Crippen molar-refractivity contribution in [2.45, 2.75) is 70.4 Å². The van der Waals surface area contributed by atoms with Gasteiger partial charge in [-0.15, -0.1) is 0 Å². The van der Waals surface area contributed by atoms with Crippen LogP contribution in [0, 0.1) is 0 Å². The molecule has 0 bridgehead atoms. The van der Waals surface area contributed by atoms with Crippen LogP contribution >= 0.6 is 0 Å². The minimum absolute atomic E-state index is 0.0496. The summed E-state index contributed by atoms with van der Waals surface area (Å²) in [6.45, 7) is 5.86. The Morgan fingerprint density at radius 3 is 2.52 bits per heavy atom. The third-order valence-corrected chi connectivity index (χ3v) is 4.62. The second-order valence-electron chi connectivity index (χ2n) is 6.16. The third-order valence-electron chi connectivity index (χ3n) is 4.62. The fourth-order valence-electron chi connectivity index (χ4n) is 3.54. The maximum absolute atomic E-state index is 12.7. The van der Waals surface area contributed by atoms with E-state index in [4.69, 9.17) is 4.74 Å². The molecule has 2 rings (SSSR count). The first-order valence-electron chi connectivity index (χ1n) is 8.36. The molecule has 1 unspecified atom stereocenters. The molecule has 21 heavy (non-hydrogen) atoms. The number of carbonyl (C=O) groups is 2. The first-order chi connectivity index (χ1) is 10.2. The van der Waals surface area contributed by atoms with Gasteiger partial charge in [-0.25, -0.2) is 0 Å². The van der Waals surface area contributed by atoms with Crippen LogP contribution in [0.15, 0.2) is 0 Å². The predicted octanol–water partition coefficient (Wildman–Crippen LogP) is 1.85. The number of hydrogen-bond donors (Lipinski definition) is 1. The van der Waals surface area contributed by atoms with Crippen LogP contribution in [0.4, 0.5) is 0 Å². The Bertz CT molecular complexity index is 378. The van der Waals surface area contributed by atoms with Crippen molar-refractivity contribution >= 4 is 11.8 Å². The quantitative estimate of drug-likeness (QED) is 0.729. The fraction of sp³-hybridized carbons (Fsp3) is 0.875. The lowest BCUT2D eigenvalue weighted by atomic mass is 9.88. The molecule has 5 heteroatoms. The normalized spacial score (nSPS) is 24.7. The van der Waals surface area contributed by atoms with Crippen molar-refractivity contribution in [3.63, 3.8) is 0 Å². The Morgan fingerprint density at radius 2 is 1.90 bits per heavy atom. The van der Waals surface area contributed by atoms with Gasteiger partial charge >= 0.3 is 0 Å². The van der Waals surface area contributed by atoms with Gasteiger partial charge in [-0.1, -0.05) is 33.1 Å². The van der Waals surface area contributed by atoms with Crippen molar-refractivity contribution < 1.29 is 14.3 Å². The second kappa shape index (κ2) is 7.25. The molecule has 5 nitrogen and oxygen atoms in total. The maximum Gasteiger partial charge on any atom is 0.246 e. The number of nitrogens with one attached hydrogen (secondary N) is 1. The minimum Gasteiger partial charge on any atom is -0.380 e. The summed E-state index contributed by atoms with van der Waals surface area (Å²) in [6.07, 6.45) is 6.19. The van der Waals surface area contributed by atoms with Gasteiger partial charge in [0.15, 0.2) is 0 Å². The van der Waals surface area contributed by atoms with Crippen LogP contribution in [0.5, 0.6) is 0 Å². The van der Waals surface area contributed by atoms with Crippen LogP contribution in [-0.4, -0.2) is 48.1 Å². The van der Waals surface area contributed by atoms with Crippen molar-refractivity contribution in [2.75, 3.05) is 19.8 Å². The third kappa shape index (κ3) is 3.23. The maximum atomic E-state index is 12.7.